The Morgan fingerprint density at radius 2 is 1.48 bits per heavy atom. The van der Waals surface area contributed by atoms with Crippen molar-refractivity contribution in [1.29, 1.82) is 0 Å². The van der Waals surface area contributed by atoms with Gasteiger partial charge in [-0.1, -0.05) is 12.2 Å². The fourth-order valence-corrected chi connectivity index (χ4v) is 5.72. The highest BCUT2D eigenvalue weighted by molar-refractivity contribution is 6.03. The van der Waals surface area contributed by atoms with Crippen LogP contribution in [0.3, 0.4) is 0 Å². The minimum absolute atomic E-state index is 0.197. The van der Waals surface area contributed by atoms with Gasteiger partial charge < -0.3 is 26.5 Å². The molecule has 50 heavy (non-hydrogen) atoms. The summed E-state index contributed by atoms with van der Waals surface area (Å²) < 4.78 is 6.85. The first-order valence-corrected chi connectivity index (χ1v) is 15.9. The van der Waals surface area contributed by atoms with Gasteiger partial charge in [0.25, 0.3) is 5.91 Å². The standard InChI is InChI=1S/C33H37N13O4/c1-5-45-25(13-18(3)41-45)30(49)39-32-37-22-15-20(27(34)47)9-10-24(22)43(32)11-7-8-12-44-29-23(16-21(17-36-29)28(35)48)38-33(44)40-31(50)26-14-19(4)42-46(26)6-2/h7-10,13-17,31,50H,5-6,11-12H2,1-4H3,(H2,34,47)(H2,35,48)(H,38,40)(H,37,39,49)/b8-7+. The summed E-state index contributed by atoms with van der Waals surface area (Å²) in [4.78, 5) is 50.8. The van der Waals surface area contributed by atoms with Gasteiger partial charge >= 0.3 is 0 Å². The smallest absolute Gasteiger partial charge is 0.276 e. The summed E-state index contributed by atoms with van der Waals surface area (Å²) in [5, 5.41) is 25.9. The van der Waals surface area contributed by atoms with E-state index in [1.54, 1.807) is 54.9 Å². The van der Waals surface area contributed by atoms with E-state index in [1.165, 1.54) is 6.20 Å². The van der Waals surface area contributed by atoms with Crippen molar-refractivity contribution >= 4 is 51.8 Å². The molecule has 5 aromatic heterocycles. The van der Waals surface area contributed by atoms with Crippen LogP contribution in [0.25, 0.3) is 22.2 Å². The van der Waals surface area contributed by atoms with Crippen molar-refractivity contribution in [3.8, 4) is 0 Å². The van der Waals surface area contributed by atoms with Gasteiger partial charge in [-0.25, -0.2) is 15.0 Å². The Hall–Kier alpha value is -6.36. The van der Waals surface area contributed by atoms with Gasteiger partial charge in [-0.2, -0.15) is 10.2 Å². The summed E-state index contributed by atoms with van der Waals surface area (Å²) in [7, 11) is 0. The van der Waals surface area contributed by atoms with E-state index in [0.717, 1.165) is 5.69 Å². The van der Waals surface area contributed by atoms with E-state index in [1.807, 2.05) is 39.8 Å². The number of imidazole rings is 2. The van der Waals surface area contributed by atoms with E-state index in [2.05, 4.69) is 35.8 Å². The molecule has 7 N–H and O–H groups in total. The summed E-state index contributed by atoms with van der Waals surface area (Å²) in [6, 6.07) is 9.93. The third-order valence-corrected chi connectivity index (χ3v) is 8.08. The molecule has 1 aromatic carbocycles. The Balaban J connectivity index is 1.31. The van der Waals surface area contributed by atoms with Crippen molar-refractivity contribution in [2.24, 2.45) is 11.5 Å². The number of amides is 3. The molecule has 0 aliphatic carbocycles. The number of aryl methyl sites for hydroxylation is 4. The molecule has 17 heteroatoms. The Morgan fingerprint density at radius 1 is 0.840 bits per heavy atom. The molecule has 0 saturated carbocycles. The number of allylic oxidation sites excluding steroid dienone is 2. The highest BCUT2D eigenvalue weighted by Crippen LogP contribution is 2.25. The van der Waals surface area contributed by atoms with Gasteiger partial charge in [-0.15, -0.1) is 0 Å². The van der Waals surface area contributed by atoms with E-state index in [9.17, 15) is 19.5 Å². The predicted molar refractivity (Wildman–Crippen MR) is 185 cm³/mol. The quantitative estimate of drug-likeness (QED) is 0.0884. The van der Waals surface area contributed by atoms with Crippen molar-refractivity contribution in [3.05, 3.63) is 88.6 Å². The number of hydrogen-bond acceptors (Lipinski definition) is 10. The van der Waals surface area contributed by atoms with Gasteiger partial charge in [0.2, 0.25) is 23.7 Å². The lowest BCUT2D eigenvalue weighted by Gasteiger charge is -2.15. The lowest BCUT2D eigenvalue weighted by atomic mass is 10.2. The second-order valence-electron chi connectivity index (χ2n) is 11.6. The molecule has 1 atom stereocenters. The average Bonchev–Trinajstić information content (AvgIpc) is 3.84. The number of primary amides is 2. The van der Waals surface area contributed by atoms with E-state index in [4.69, 9.17) is 11.5 Å². The minimum atomic E-state index is -1.15. The molecule has 0 aliphatic heterocycles. The Labute approximate surface area is 285 Å². The molecule has 0 aliphatic rings. The lowest BCUT2D eigenvalue weighted by molar-refractivity contribution is 0.0992. The molecule has 6 aromatic rings. The molecular weight excluding hydrogens is 642 g/mol. The Kier molecular flexibility index (Phi) is 9.14. The molecule has 258 valence electrons. The zero-order valence-corrected chi connectivity index (χ0v) is 28.0. The van der Waals surface area contributed by atoms with Gasteiger partial charge in [0, 0.05) is 37.9 Å². The topological polar surface area (TPSA) is 232 Å². The van der Waals surface area contributed by atoms with Crippen LogP contribution in [0.4, 0.5) is 11.9 Å². The summed E-state index contributed by atoms with van der Waals surface area (Å²) in [5.41, 5.74) is 15.9. The summed E-state index contributed by atoms with van der Waals surface area (Å²) >= 11 is 0. The van der Waals surface area contributed by atoms with E-state index in [-0.39, 0.29) is 36.1 Å². The summed E-state index contributed by atoms with van der Waals surface area (Å²) in [5.74, 6) is -1.06. The van der Waals surface area contributed by atoms with Gasteiger partial charge in [0.15, 0.2) is 11.9 Å². The fourth-order valence-electron chi connectivity index (χ4n) is 5.72. The van der Waals surface area contributed by atoms with Crippen LogP contribution < -0.4 is 22.1 Å². The summed E-state index contributed by atoms with van der Waals surface area (Å²) in [6.07, 6.45) is 3.97. The molecule has 0 bridgehead atoms. The van der Waals surface area contributed by atoms with Crippen molar-refractivity contribution in [2.75, 3.05) is 10.6 Å². The number of nitrogens with two attached hydrogens (primary N) is 2. The number of pyridine rings is 1. The number of nitrogens with zero attached hydrogens (tertiary/aromatic N) is 9. The molecule has 1 unspecified atom stereocenters. The van der Waals surface area contributed by atoms with Crippen LogP contribution in [0.2, 0.25) is 0 Å². The molecular formula is C33H37N13O4. The number of carbonyl (C=O) groups excluding carboxylic acids is 3. The lowest BCUT2D eigenvalue weighted by Crippen LogP contribution is -2.19. The third-order valence-electron chi connectivity index (χ3n) is 8.08. The monoisotopic (exact) mass is 679 g/mol. The number of rotatable bonds is 13. The van der Waals surface area contributed by atoms with Crippen LogP contribution >= 0.6 is 0 Å². The minimum Gasteiger partial charge on any atom is -0.368 e. The first-order chi connectivity index (χ1) is 24.0. The largest absolute Gasteiger partial charge is 0.368 e. The van der Waals surface area contributed by atoms with Crippen LogP contribution in [0.15, 0.2) is 54.7 Å². The number of nitrogens with one attached hydrogen (secondary N) is 2. The number of fused-ring (bicyclic) bond motifs is 2. The number of aliphatic hydroxyl groups excluding tert-OH is 1. The van der Waals surface area contributed by atoms with Crippen molar-refractivity contribution in [3.63, 3.8) is 0 Å². The molecule has 0 fully saturated rings. The zero-order chi connectivity index (χ0) is 35.7. The van der Waals surface area contributed by atoms with Crippen LogP contribution in [0.1, 0.15) is 68.4 Å². The van der Waals surface area contributed by atoms with Crippen LogP contribution in [0, 0.1) is 13.8 Å². The number of carbonyl (C=O) groups is 3. The first kappa shape index (κ1) is 33.5. The average molecular weight is 680 g/mol. The maximum Gasteiger partial charge on any atom is 0.276 e. The first-order valence-electron chi connectivity index (χ1n) is 15.9. The second kappa shape index (κ2) is 13.6. The normalized spacial score (nSPS) is 12.3. The molecule has 17 nitrogen and oxygen atoms in total. The SMILES string of the molecule is CCn1nc(C)cc1C(=O)Nc1nc2cc(C(N)=O)ccc2n1C/C=C/Cn1c(NC(O)c2cc(C)nn2CC)nc2cc(C(N)=O)cnc21. The summed E-state index contributed by atoms with van der Waals surface area (Å²) in [6.45, 7) is 9.08. The van der Waals surface area contributed by atoms with E-state index < -0.39 is 18.0 Å². The molecule has 6 rings (SSSR count). The number of anilines is 2. The van der Waals surface area contributed by atoms with Crippen molar-refractivity contribution in [1.82, 2.24) is 43.6 Å². The van der Waals surface area contributed by atoms with E-state index >= 15 is 0 Å². The predicted octanol–water partition coefficient (Wildman–Crippen LogP) is 2.64. The van der Waals surface area contributed by atoms with Gasteiger partial charge in [-0.3, -0.25) is 33.6 Å². The third kappa shape index (κ3) is 6.53. The van der Waals surface area contributed by atoms with Crippen LogP contribution in [0.5, 0.6) is 0 Å². The van der Waals surface area contributed by atoms with Crippen molar-refractivity contribution < 1.29 is 19.5 Å². The molecule has 3 amide bonds. The van der Waals surface area contributed by atoms with Crippen molar-refractivity contribution in [2.45, 2.75) is 60.1 Å². The maximum absolute atomic E-state index is 13.4. The van der Waals surface area contributed by atoms with Crippen LogP contribution in [-0.4, -0.2) is 66.5 Å². The highest BCUT2D eigenvalue weighted by Gasteiger charge is 2.21. The van der Waals surface area contributed by atoms with Gasteiger partial charge in [0.1, 0.15) is 11.2 Å². The Morgan fingerprint density at radius 3 is 2.18 bits per heavy atom. The molecule has 5 heterocycles. The zero-order valence-electron chi connectivity index (χ0n) is 28.0. The van der Waals surface area contributed by atoms with Gasteiger partial charge in [0.05, 0.1) is 33.7 Å². The van der Waals surface area contributed by atoms with Crippen LogP contribution in [-0.2, 0) is 26.2 Å². The fraction of sp³-hybridized carbons (Fsp3) is 0.273. The number of aromatic nitrogens is 9. The molecule has 0 spiro atoms. The number of aliphatic hydroxyl groups is 1. The second-order valence-corrected chi connectivity index (χ2v) is 11.6. The Bertz CT molecular complexity index is 2290. The number of hydrogen-bond donors (Lipinski definition) is 5. The molecule has 0 radical (unpaired) electrons. The number of benzene rings is 1. The maximum atomic E-state index is 13.4. The van der Waals surface area contributed by atoms with E-state index in [0.29, 0.717) is 58.3 Å². The molecule has 0 saturated heterocycles. The van der Waals surface area contributed by atoms with Gasteiger partial charge in [-0.05, 0) is 64.1 Å². The highest BCUT2D eigenvalue weighted by atomic mass is 16.3.